The number of hydrogen-bond acceptors (Lipinski definition) is 6. The van der Waals surface area contributed by atoms with Gasteiger partial charge in [0.25, 0.3) is 5.56 Å². The number of hydrogen-bond donors (Lipinski definition) is 2. The van der Waals surface area contributed by atoms with Crippen LogP contribution in [0.4, 0.5) is 0 Å². The number of thiophene rings is 1. The Kier molecular flexibility index (Phi) is 8.13. The number of nitrogens with one attached hydrogen (secondary N) is 1. The maximum absolute atomic E-state index is 13.2. The first-order valence-electron chi connectivity index (χ1n) is 11.9. The highest BCUT2D eigenvalue weighted by atomic mass is 32.1. The standard InChI is InChI=1S/C28H33N3O3S/c1-18(2)34-16-22(32)14-31(13-21-8-6-5-7-9-21)15-25-29-27(33)26-24(17-35-28(26)30-25)23-12-19(3)10-11-20(23)4/h5-12,17-18,22,32H,13-16H2,1-4H3,(H,29,30,33)/t22-/m0/s1. The molecule has 184 valence electrons. The number of rotatable bonds is 10. The SMILES string of the molecule is Cc1ccc(C)c(-c2csc3nc(CN(Cc4ccccc4)C[C@H](O)COC(C)C)[nH]c(=O)c23)c1. The van der Waals surface area contributed by atoms with Crippen LogP contribution in [-0.4, -0.2) is 45.3 Å². The number of fused-ring (bicyclic) bond motifs is 1. The summed E-state index contributed by atoms with van der Waals surface area (Å²) in [4.78, 5) is 23.8. The second-order valence-corrected chi connectivity index (χ2v) is 10.2. The zero-order valence-corrected chi connectivity index (χ0v) is 21.6. The molecule has 0 radical (unpaired) electrons. The van der Waals surface area contributed by atoms with Gasteiger partial charge in [-0.15, -0.1) is 11.3 Å². The molecule has 0 spiro atoms. The highest BCUT2D eigenvalue weighted by Gasteiger charge is 2.18. The molecule has 4 aromatic rings. The van der Waals surface area contributed by atoms with Crippen LogP contribution in [0.3, 0.4) is 0 Å². The molecule has 0 aliphatic carbocycles. The van der Waals surface area contributed by atoms with Crippen LogP contribution in [0.2, 0.25) is 0 Å². The van der Waals surface area contributed by atoms with Crippen LogP contribution in [0.15, 0.2) is 58.7 Å². The maximum Gasteiger partial charge on any atom is 0.260 e. The monoisotopic (exact) mass is 491 g/mol. The van der Waals surface area contributed by atoms with Crippen LogP contribution in [0, 0.1) is 13.8 Å². The van der Waals surface area contributed by atoms with Crippen molar-refractivity contribution in [2.75, 3.05) is 13.2 Å². The molecule has 0 bridgehead atoms. The molecule has 0 amide bonds. The van der Waals surface area contributed by atoms with Crippen molar-refractivity contribution in [2.45, 2.75) is 53.0 Å². The normalized spacial score (nSPS) is 12.7. The van der Waals surface area contributed by atoms with E-state index in [1.54, 1.807) is 0 Å². The van der Waals surface area contributed by atoms with E-state index in [-0.39, 0.29) is 18.3 Å². The molecule has 1 atom stereocenters. The number of aromatic amines is 1. The van der Waals surface area contributed by atoms with Crippen LogP contribution < -0.4 is 5.56 Å². The van der Waals surface area contributed by atoms with Gasteiger partial charge in [0, 0.05) is 24.0 Å². The Labute approximate surface area is 210 Å². The van der Waals surface area contributed by atoms with Crippen LogP contribution >= 0.6 is 11.3 Å². The van der Waals surface area contributed by atoms with Gasteiger partial charge in [0.05, 0.1) is 30.7 Å². The Balaban J connectivity index is 1.61. The molecule has 0 fully saturated rings. The van der Waals surface area contributed by atoms with Crippen molar-refractivity contribution in [1.29, 1.82) is 0 Å². The number of ether oxygens (including phenoxy) is 1. The van der Waals surface area contributed by atoms with Crippen molar-refractivity contribution in [1.82, 2.24) is 14.9 Å². The van der Waals surface area contributed by atoms with Gasteiger partial charge in [-0.05, 0) is 44.4 Å². The molecular formula is C28H33N3O3S. The molecule has 0 saturated heterocycles. The highest BCUT2D eigenvalue weighted by molar-refractivity contribution is 7.17. The van der Waals surface area contributed by atoms with Gasteiger partial charge in [-0.2, -0.15) is 0 Å². The van der Waals surface area contributed by atoms with Gasteiger partial charge in [-0.25, -0.2) is 4.98 Å². The van der Waals surface area contributed by atoms with Crippen molar-refractivity contribution in [3.8, 4) is 11.1 Å². The summed E-state index contributed by atoms with van der Waals surface area (Å²) in [6.07, 6.45) is -0.591. The fourth-order valence-corrected chi connectivity index (χ4v) is 5.14. The fraction of sp³-hybridized carbons (Fsp3) is 0.357. The topological polar surface area (TPSA) is 78.5 Å². The first-order chi connectivity index (χ1) is 16.8. The fourth-order valence-electron chi connectivity index (χ4n) is 4.19. The van der Waals surface area contributed by atoms with Gasteiger partial charge in [0.2, 0.25) is 0 Å². The van der Waals surface area contributed by atoms with Gasteiger partial charge >= 0.3 is 0 Å². The van der Waals surface area contributed by atoms with E-state index in [1.165, 1.54) is 11.3 Å². The van der Waals surface area contributed by atoms with E-state index in [0.717, 1.165) is 32.6 Å². The summed E-state index contributed by atoms with van der Waals surface area (Å²) in [5.74, 6) is 0.588. The van der Waals surface area contributed by atoms with Crippen LogP contribution in [-0.2, 0) is 17.8 Å². The Hall–Kier alpha value is -2.84. The summed E-state index contributed by atoms with van der Waals surface area (Å²) in [6, 6.07) is 16.4. The van der Waals surface area contributed by atoms with E-state index in [9.17, 15) is 9.90 Å². The lowest BCUT2D eigenvalue weighted by Crippen LogP contribution is -2.35. The van der Waals surface area contributed by atoms with Crippen molar-refractivity contribution in [3.05, 3.63) is 86.8 Å². The van der Waals surface area contributed by atoms with Crippen molar-refractivity contribution in [2.24, 2.45) is 0 Å². The Morgan fingerprint density at radius 1 is 1.09 bits per heavy atom. The van der Waals surface area contributed by atoms with Gasteiger partial charge < -0.3 is 14.8 Å². The van der Waals surface area contributed by atoms with Crippen LogP contribution in [0.25, 0.3) is 21.3 Å². The molecule has 0 aliphatic heterocycles. The molecule has 4 rings (SSSR count). The number of aliphatic hydroxyl groups is 1. The largest absolute Gasteiger partial charge is 0.389 e. The lowest BCUT2D eigenvalue weighted by molar-refractivity contribution is -0.0109. The summed E-state index contributed by atoms with van der Waals surface area (Å²) in [5, 5.41) is 13.2. The van der Waals surface area contributed by atoms with Crippen LogP contribution in [0.1, 0.15) is 36.4 Å². The summed E-state index contributed by atoms with van der Waals surface area (Å²) in [6.45, 7) is 9.72. The second kappa shape index (κ2) is 11.3. The number of aromatic nitrogens is 2. The number of benzene rings is 2. The number of aryl methyl sites for hydroxylation is 2. The van der Waals surface area contributed by atoms with Crippen molar-refractivity contribution in [3.63, 3.8) is 0 Å². The second-order valence-electron chi connectivity index (χ2n) is 9.35. The third-order valence-electron chi connectivity index (χ3n) is 5.89. The van der Waals surface area contributed by atoms with E-state index >= 15 is 0 Å². The van der Waals surface area contributed by atoms with E-state index < -0.39 is 6.10 Å². The number of H-pyrrole nitrogens is 1. The molecular weight excluding hydrogens is 458 g/mol. The van der Waals surface area contributed by atoms with E-state index in [2.05, 4.69) is 54.1 Å². The molecule has 2 heterocycles. The van der Waals surface area contributed by atoms with Gasteiger partial charge in [-0.1, -0.05) is 54.1 Å². The number of aliphatic hydroxyl groups excluding tert-OH is 1. The van der Waals surface area contributed by atoms with Gasteiger partial charge in [-0.3, -0.25) is 9.69 Å². The lowest BCUT2D eigenvalue weighted by Gasteiger charge is -2.25. The molecule has 35 heavy (non-hydrogen) atoms. The molecule has 0 saturated carbocycles. The highest BCUT2D eigenvalue weighted by Crippen LogP contribution is 2.33. The van der Waals surface area contributed by atoms with Gasteiger partial charge in [0.15, 0.2) is 0 Å². The smallest absolute Gasteiger partial charge is 0.260 e. The zero-order chi connectivity index (χ0) is 24.9. The maximum atomic E-state index is 13.2. The average molecular weight is 492 g/mol. The zero-order valence-electron chi connectivity index (χ0n) is 20.7. The summed E-state index contributed by atoms with van der Waals surface area (Å²) in [5.41, 5.74) is 5.27. The first-order valence-corrected chi connectivity index (χ1v) is 12.8. The minimum atomic E-state index is -0.644. The lowest BCUT2D eigenvalue weighted by atomic mass is 9.99. The van der Waals surface area contributed by atoms with Crippen molar-refractivity contribution >= 4 is 21.6 Å². The predicted molar refractivity (Wildman–Crippen MR) is 143 cm³/mol. The quantitative estimate of drug-likeness (QED) is 0.324. The minimum Gasteiger partial charge on any atom is -0.389 e. The average Bonchev–Trinajstić information content (AvgIpc) is 3.24. The van der Waals surface area contributed by atoms with E-state index in [0.29, 0.717) is 30.8 Å². The molecule has 0 aliphatic rings. The molecule has 2 N–H and O–H groups in total. The molecule has 6 nitrogen and oxygen atoms in total. The Morgan fingerprint density at radius 2 is 1.86 bits per heavy atom. The third kappa shape index (κ3) is 6.44. The minimum absolute atomic E-state index is 0.0534. The molecule has 2 aromatic heterocycles. The number of nitrogens with zero attached hydrogens (tertiary/aromatic N) is 2. The van der Waals surface area contributed by atoms with E-state index in [1.807, 2.05) is 37.4 Å². The van der Waals surface area contributed by atoms with Crippen LogP contribution in [0.5, 0.6) is 0 Å². The third-order valence-corrected chi connectivity index (χ3v) is 6.76. The first kappa shape index (κ1) is 25.3. The van der Waals surface area contributed by atoms with Gasteiger partial charge in [0.1, 0.15) is 10.7 Å². The predicted octanol–water partition coefficient (Wildman–Crippen LogP) is 5.06. The molecule has 0 unspecified atom stereocenters. The Bertz CT molecular complexity index is 1330. The molecule has 2 aromatic carbocycles. The van der Waals surface area contributed by atoms with Crippen molar-refractivity contribution < 1.29 is 9.84 Å². The summed E-state index contributed by atoms with van der Waals surface area (Å²) < 4.78 is 5.60. The van der Waals surface area contributed by atoms with E-state index in [4.69, 9.17) is 9.72 Å². The summed E-state index contributed by atoms with van der Waals surface area (Å²) in [7, 11) is 0. The summed E-state index contributed by atoms with van der Waals surface area (Å²) >= 11 is 1.49. The molecule has 7 heteroatoms. The Morgan fingerprint density at radius 3 is 2.60 bits per heavy atom.